The number of hydrogen-bond acceptors (Lipinski definition) is 4. The molecule has 1 aromatic rings. The standard InChI is InChI=1S/C8H8ClNO3/c9-6-1-2-7-8(13-4-12-7)5(6)3-10-11/h1-2,10-11H,3-4H2. The predicted molar refractivity (Wildman–Crippen MR) is 46.2 cm³/mol. The molecule has 2 rings (SSSR count). The monoisotopic (exact) mass is 201 g/mol. The highest BCUT2D eigenvalue weighted by Gasteiger charge is 2.19. The van der Waals surface area contributed by atoms with Gasteiger partial charge in [0.2, 0.25) is 6.79 Å². The minimum atomic E-state index is 0.202. The maximum atomic E-state index is 8.57. The van der Waals surface area contributed by atoms with Gasteiger partial charge in [0.05, 0.1) is 6.54 Å². The zero-order valence-electron chi connectivity index (χ0n) is 6.71. The number of fused-ring (bicyclic) bond motifs is 1. The molecule has 0 aromatic heterocycles. The Labute approximate surface area is 80.0 Å². The lowest BCUT2D eigenvalue weighted by molar-refractivity contribution is 0.155. The molecule has 0 saturated carbocycles. The Hall–Kier alpha value is -0.970. The van der Waals surface area contributed by atoms with E-state index in [2.05, 4.69) is 0 Å². The summed E-state index contributed by atoms with van der Waals surface area (Å²) in [6.45, 7) is 0.444. The summed E-state index contributed by atoms with van der Waals surface area (Å²) >= 11 is 5.90. The average Bonchev–Trinajstić information content (AvgIpc) is 2.58. The van der Waals surface area contributed by atoms with Crippen molar-refractivity contribution in [3.63, 3.8) is 0 Å². The van der Waals surface area contributed by atoms with E-state index < -0.39 is 0 Å². The minimum absolute atomic E-state index is 0.202. The maximum Gasteiger partial charge on any atom is 0.231 e. The van der Waals surface area contributed by atoms with E-state index in [1.54, 1.807) is 12.1 Å². The topological polar surface area (TPSA) is 50.7 Å². The maximum absolute atomic E-state index is 8.57. The summed E-state index contributed by atoms with van der Waals surface area (Å²) < 4.78 is 10.4. The van der Waals surface area contributed by atoms with Crippen molar-refractivity contribution in [2.24, 2.45) is 0 Å². The Kier molecular flexibility index (Phi) is 2.26. The second-order valence-corrected chi connectivity index (χ2v) is 3.00. The SMILES string of the molecule is ONCc1c(Cl)ccc2c1OCO2. The first-order chi connectivity index (χ1) is 6.33. The van der Waals surface area contributed by atoms with Crippen molar-refractivity contribution in [1.82, 2.24) is 5.48 Å². The second kappa shape index (κ2) is 3.41. The molecule has 1 aliphatic heterocycles. The van der Waals surface area contributed by atoms with Crippen LogP contribution in [-0.2, 0) is 6.54 Å². The summed E-state index contributed by atoms with van der Waals surface area (Å²) in [6, 6.07) is 3.45. The lowest BCUT2D eigenvalue weighted by Crippen LogP contribution is -2.07. The fraction of sp³-hybridized carbons (Fsp3) is 0.250. The van der Waals surface area contributed by atoms with Gasteiger partial charge in [0.1, 0.15) is 0 Å². The van der Waals surface area contributed by atoms with Crippen LogP contribution in [0, 0.1) is 0 Å². The van der Waals surface area contributed by atoms with Gasteiger partial charge >= 0.3 is 0 Å². The molecular formula is C8H8ClNO3. The number of rotatable bonds is 2. The summed E-state index contributed by atoms with van der Waals surface area (Å²) in [6.07, 6.45) is 0. The van der Waals surface area contributed by atoms with E-state index in [1.807, 2.05) is 5.48 Å². The molecule has 0 aliphatic carbocycles. The molecule has 0 bridgehead atoms. The Morgan fingerprint density at radius 2 is 2.31 bits per heavy atom. The van der Waals surface area contributed by atoms with Crippen LogP contribution in [0.25, 0.3) is 0 Å². The highest BCUT2D eigenvalue weighted by atomic mass is 35.5. The summed E-state index contributed by atoms with van der Waals surface area (Å²) in [4.78, 5) is 0. The number of ether oxygens (including phenoxy) is 2. The van der Waals surface area contributed by atoms with Gasteiger partial charge in [0, 0.05) is 10.6 Å². The molecule has 0 spiro atoms. The van der Waals surface area contributed by atoms with Gasteiger partial charge in [-0.05, 0) is 12.1 Å². The van der Waals surface area contributed by atoms with Crippen molar-refractivity contribution < 1.29 is 14.7 Å². The zero-order chi connectivity index (χ0) is 9.26. The zero-order valence-corrected chi connectivity index (χ0v) is 7.47. The molecule has 2 N–H and O–H groups in total. The van der Waals surface area contributed by atoms with E-state index in [9.17, 15) is 0 Å². The number of halogens is 1. The van der Waals surface area contributed by atoms with Gasteiger partial charge in [-0.15, -0.1) is 0 Å². The van der Waals surface area contributed by atoms with Crippen molar-refractivity contribution in [2.75, 3.05) is 6.79 Å². The third-order valence-electron chi connectivity index (χ3n) is 1.84. The Balaban J connectivity index is 2.45. The van der Waals surface area contributed by atoms with E-state index in [1.165, 1.54) is 0 Å². The highest BCUT2D eigenvalue weighted by Crippen LogP contribution is 2.39. The van der Waals surface area contributed by atoms with E-state index in [0.717, 1.165) is 0 Å². The van der Waals surface area contributed by atoms with Crippen molar-refractivity contribution in [3.8, 4) is 11.5 Å². The van der Waals surface area contributed by atoms with Crippen molar-refractivity contribution in [1.29, 1.82) is 0 Å². The van der Waals surface area contributed by atoms with Crippen molar-refractivity contribution in [2.45, 2.75) is 6.54 Å². The average molecular weight is 202 g/mol. The van der Waals surface area contributed by atoms with Gasteiger partial charge < -0.3 is 14.7 Å². The molecule has 0 saturated heterocycles. The first-order valence-corrected chi connectivity index (χ1v) is 4.14. The summed E-state index contributed by atoms with van der Waals surface area (Å²) in [5, 5.41) is 9.12. The van der Waals surface area contributed by atoms with Crippen molar-refractivity contribution in [3.05, 3.63) is 22.7 Å². The normalized spacial score (nSPS) is 13.4. The second-order valence-electron chi connectivity index (χ2n) is 2.59. The first kappa shape index (κ1) is 8.62. The lowest BCUT2D eigenvalue weighted by atomic mass is 10.2. The molecule has 0 fully saturated rings. The van der Waals surface area contributed by atoms with Crippen LogP contribution in [0.15, 0.2) is 12.1 Å². The van der Waals surface area contributed by atoms with Crippen LogP contribution < -0.4 is 15.0 Å². The van der Waals surface area contributed by atoms with E-state index in [0.29, 0.717) is 22.1 Å². The lowest BCUT2D eigenvalue weighted by Gasteiger charge is -2.06. The smallest absolute Gasteiger partial charge is 0.231 e. The van der Waals surface area contributed by atoms with Crippen LogP contribution in [-0.4, -0.2) is 12.0 Å². The van der Waals surface area contributed by atoms with Crippen LogP contribution in [0.4, 0.5) is 0 Å². The van der Waals surface area contributed by atoms with Gasteiger partial charge in [0.15, 0.2) is 11.5 Å². The third-order valence-corrected chi connectivity index (χ3v) is 2.19. The fourth-order valence-electron chi connectivity index (χ4n) is 1.25. The van der Waals surface area contributed by atoms with Crippen LogP contribution in [0.3, 0.4) is 0 Å². The molecule has 13 heavy (non-hydrogen) atoms. The summed E-state index contributed by atoms with van der Waals surface area (Å²) in [7, 11) is 0. The van der Waals surface area contributed by atoms with Gasteiger partial charge in [-0.25, -0.2) is 5.48 Å². The van der Waals surface area contributed by atoms with E-state index >= 15 is 0 Å². The highest BCUT2D eigenvalue weighted by molar-refractivity contribution is 6.31. The molecule has 0 radical (unpaired) electrons. The number of hydrogen-bond donors (Lipinski definition) is 2. The van der Waals surface area contributed by atoms with Crippen LogP contribution in [0.2, 0.25) is 5.02 Å². The first-order valence-electron chi connectivity index (χ1n) is 3.77. The van der Waals surface area contributed by atoms with E-state index in [-0.39, 0.29) is 13.3 Å². The van der Waals surface area contributed by atoms with Crippen molar-refractivity contribution >= 4 is 11.6 Å². The summed E-state index contributed by atoms with van der Waals surface area (Å²) in [5.74, 6) is 1.27. The molecule has 0 amide bonds. The van der Waals surface area contributed by atoms with Crippen LogP contribution in [0.1, 0.15) is 5.56 Å². The minimum Gasteiger partial charge on any atom is -0.454 e. The summed E-state index contributed by atoms with van der Waals surface area (Å²) in [5.41, 5.74) is 2.74. The number of hydroxylamine groups is 1. The van der Waals surface area contributed by atoms with Crippen LogP contribution in [0.5, 0.6) is 11.5 Å². The molecule has 0 unspecified atom stereocenters. The van der Waals surface area contributed by atoms with Gasteiger partial charge in [-0.3, -0.25) is 0 Å². The van der Waals surface area contributed by atoms with Gasteiger partial charge in [0.25, 0.3) is 0 Å². The molecule has 1 heterocycles. The number of nitrogens with one attached hydrogen (secondary N) is 1. The quantitative estimate of drug-likeness (QED) is 0.713. The van der Waals surface area contributed by atoms with Gasteiger partial charge in [-0.2, -0.15) is 0 Å². The molecule has 70 valence electrons. The third kappa shape index (κ3) is 1.44. The predicted octanol–water partition coefficient (Wildman–Crippen LogP) is 1.55. The molecule has 5 heteroatoms. The largest absolute Gasteiger partial charge is 0.454 e. The van der Waals surface area contributed by atoms with E-state index in [4.69, 9.17) is 26.3 Å². The molecule has 4 nitrogen and oxygen atoms in total. The van der Waals surface area contributed by atoms with Gasteiger partial charge in [-0.1, -0.05) is 11.6 Å². The number of benzene rings is 1. The molecule has 1 aromatic carbocycles. The molecular weight excluding hydrogens is 194 g/mol. The fourth-order valence-corrected chi connectivity index (χ4v) is 1.47. The Morgan fingerprint density at radius 3 is 3.08 bits per heavy atom. The Morgan fingerprint density at radius 1 is 1.46 bits per heavy atom. The molecule has 1 aliphatic rings. The molecule has 0 atom stereocenters. The van der Waals surface area contributed by atoms with Crippen LogP contribution >= 0.6 is 11.6 Å². The Bertz CT molecular complexity index is 329.